The molecule has 0 aliphatic carbocycles. The minimum absolute atomic E-state index is 0.0416. The lowest BCUT2D eigenvalue weighted by Crippen LogP contribution is -2.35. The zero-order valence-corrected chi connectivity index (χ0v) is 12.8. The molecule has 2 rings (SSSR count). The first-order chi connectivity index (χ1) is 9.08. The van der Waals surface area contributed by atoms with E-state index in [1.807, 2.05) is 7.05 Å². The Balaban J connectivity index is 1.95. The van der Waals surface area contributed by atoms with Gasteiger partial charge in [-0.25, -0.2) is 0 Å². The molecule has 5 heteroatoms. The first kappa shape index (κ1) is 14.7. The van der Waals surface area contributed by atoms with Crippen LogP contribution in [-0.2, 0) is 0 Å². The number of carbonyl (C=O) groups excluding carboxylic acids is 1. The van der Waals surface area contributed by atoms with Crippen molar-refractivity contribution in [3.63, 3.8) is 0 Å². The van der Waals surface area contributed by atoms with E-state index in [-0.39, 0.29) is 5.91 Å². The Morgan fingerprint density at radius 3 is 2.79 bits per heavy atom. The van der Waals surface area contributed by atoms with Gasteiger partial charge in [-0.1, -0.05) is 11.6 Å². The van der Waals surface area contributed by atoms with Crippen molar-refractivity contribution in [3.05, 3.63) is 28.8 Å². The van der Waals surface area contributed by atoms with E-state index >= 15 is 0 Å². The summed E-state index contributed by atoms with van der Waals surface area (Å²) in [6.45, 7) is 3.95. The van der Waals surface area contributed by atoms with Gasteiger partial charge in [0.05, 0.1) is 10.6 Å². The fourth-order valence-corrected chi connectivity index (χ4v) is 2.68. The number of amides is 1. The summed E-state index contributed by atoms with van der Waals surface area (Å²) in [7, 11) is 1.82. The van der Waals surface area contributed by atoms with Crippen molar-refractivity contribution >= 4 is 30.1 Å². The molecule has 1 aliphatic rings. The van der Waals surface area contributed by atoms with Crippen LogP contribution in [-0.4, -0.2) is 48.9 Å². The second kappa shape index (κ2) is 6.64. The van der Waals surface area contributed by atoms with Crippen LogP contribution in [0, 0.1) is 0 Å². The molecule has 1 amide bonds. The molecule has 0 radical (unpaired) electrons. The second-order valence-corrected chi connectivity index (χ2v) is 5.86. The van der Waals surface area contributed by atoms with Gasteiger partial charge in [-0.3, -0.25) is 4.79 Å². The van der Waals surface area contributed by atoms with E-state index in [9.17, 15) is 4.79 Å². The second-order valence-electron chi connectivity index (χ2n) is 4.94. The van der Waals surface area contributed by atoms with E-state index in [1.54, 1.807) is 23.1 Å². The standard InChI is InChI=1S/C14H19ClN2OS/c1-16(8-9-17-6-2-3-7-17)14(18)12-10-11(19)4-5-13(12)15/h4-5,10,19H,2-3,6-9H2,1H3. The number of thiol groups is 1. The number of nitrogens with zero attached hydrogens (tertiary/aromatic N) is 2. The van der Waals surface area contributed by atoms with Crippen LogP contribution in [0.25, 0.3) is 0 Å². The van der Waals surface area contributed by atoms with Crippen LogP contribution in [0.1, 0.15) is 23.2 Å². The van der Waals surface area contributed by atoms with Crippen LogP contribution in [0.15, 0.2) is 23.1 Å². The molecular weight excluding hydrogens is 280 g/mol. The van der Waals surface area contributed by atoms with Crippen LogP contribution in [0.3, 0.4) is 0 Å². The third-order valence-corrected chi connectivity index (χ3v) is 4.09. The highest BCUT2D eigenvalue weighted by molar-refractivity contribution is 7.80. The maximum Gasteiger partial charge on any atom is 0.255 e. The smallest absolute Gasteiger partial charge is 0.255 e. The Morgan fingerprint density at radius 1 is 1.42 bits per heavy atom. The van der Waals surface area contributed by atoms with Crippen LogP contribution >= 0.6 is 24.2 Å². The van der Waals surface area contributed by atoms with Gasteiger partial charge in [0.1, 0.15) is 0 Å². The first-order valence-corrected chi connectivity index (χ1v) is 7.37. The summed E-state index contributed by atoms with van der Waals surface area (Å²) in [5, 5.41) is 0.482. The zero-order chi connectivity index (χ0) is 13.8. The maximum atomic E-state index is 12.3. The van der Waals surface area contributed by atoms with Crippen molar-refractivity contribution in [3.8, 4) is 0 Å². The van der Waals surface area contributed by atoms with Crippen LogP contribution in [0.5, 0.6) is 0 Å². The summed E-state index contributed by atoms with van der Waals surface area (Å²) in [4.78, 5) is 17.2. The third-order valence-electron chi connectivity index (χ3n) is 3.48. The number of likely N-dealkylation sites (tertiary alicyclic amines) is 1. The van der Waals surface area contributed by atoms with Crippen LogP contribution in [0.2, 0.25) is 5.02 Å². The number of hydrogen-bond acceptors (Lipinski definition) is 3. The largest absolute Gasteiger partial charge is 0.340 e. The molecule has 0 spiro atoms. The third kappa shape index (κ3) is 3.88. The van der Waals surface area contributed by atoms with E-state index in [4.69, 9.17) is 11.6 Å². The van der Waals surface area contributed by atoms with Crippen LogP contribution in [0.4, 0.5) is 0 Å². The minimum atomic E-state index is -0.0416. The highest BCUT2D eigenvalue weighted by atomic mass is 35.5. The molecular formula is C14H19ClN2OS. The molecule has 0 aromatic heterocycles. The van der Waals surface area contributed by atoms with E-state index in [2.05, 4.69) is 17.5 Å². The molecule has 0 saturated carbocycles. The summed E-state index contributed by atoms with van der Waals surface area (Å²) in [5.41, 5.74) is 0.526. The minimum Gasteiger partial charge on any atom is -0.340 e. The maximum absolute atomic E-state index is 12.3. The monoisotopic (exact) mass is 298 g/mol. The molecule has 1 saturated heterocycles. The predicted molar refractivity (Wildman–Crippen MR) is 81.3 cm³/mol. The Morgan fingerprint density at radius 2 is 2.11 bits per heavy atom. The van der Waals surface area contributed by atoms with Crippen molar-refractivity contribution < 1.29 is 4.79 Å². The number of carbonyl (C=O) groups is 1. The molecule has 1 aliphatic heterocycles. The van der Waals surface area contributed by atoms with Gasteiger partial charge < -0.3 is 9.80 Å². The van der Waals surface area contributed by atoms with Gasteiger partial charge in [0.25, 0.3) is 5.91 Å². The number of hydrogen-bond donors (Lipinski definition) is 1. The van der Waals surface area contributed by atoms with Gasteiger partial charge in [0.15, 0.2) is 0 Å². The number of rotatable bonds is 4. The van der Waals surface area contributed by atoms with Crippen molar-refractivity contribution in [1.29, 1.82) is 0 Å². The van der Waals surface area contributed by atoms with E-state index in [1.165, 1.54) is 12.8 Å². The Labute approximate surface area is 124 Å². The molecule has 1 aromatic carbocycles. The fourth-order valence-electron chi connectivity index (χ4n) is 2.28. The summed E-state index contributed by atoms with van der Waals surface area (Å²) in [6.07, 6.45) is 2.54. The topological polar surface area (TPSA) is 23.6 Å². The number of benzene rings is 1. The van der Waals surface area contributed by atoms with Gasteiger partial charge in [0.2, 0.25) is 0 Å². The molecule has 0 unspecified atom stereocenters. The molecule has 1 aromatic rings. The average molecular weight is 299 g/mol. The van der Waals surface area contributed by atoms with Gasteiger partial charge in [0, 0.05) is 25.0 Å². The van der Waals surface area contributed by atoms with Crippen molar-refractivity contribution in [2.75, 3.05) is 33.2 Å². The SMILES string of the molecule is CN(CCN1CCCC1)C(=O)c1cc(S)ccc1Cl. The summed E-state index contributed by atoms with van der Waals surface area (Å²) in [5.74, 6) is -0.0416. The van der Waals surface area contributed by atoms with Gasteiger partial charge >= 0.3 is 0 Å². The Hall–Kier alpha value is -0.710. The summed E-state index contributed by atoms with van der Waals surface area (Å²) >= 11 is 10.3. The lowest BCUT2D eigenvalue weighted by atomic mass is 10.2. The highest BCUT2D eigenvalue weighted by Gasteiger charge is 2.17. The molecule has 0 bridgehead atoms. The number of halogens is 1. The fraction of sp³-hybridized carbons (Fsp3) is 0.500. The van der Waals surface area contributed by atoms with Crippen molar-refractivity contribution in [2.24, 2.45) is 0 Å². The molecule has 19 heavy (non-hydrogen) atoms. The quantitative estimate of drug-likeness (QED) is 0.864. The molecule has 0 atom stereocenters. The summed E-state index contributed by atoms with van der Waals surface area (Å²) < 4.78 is 0. The van der Waals surface area contributed by atoms with Crippen molar-refractivity contribution in [2.45, 2.75) is 17.7 Å². The molecule has 104 valence electrons. The van der Waals surface area contributed by atoms with Gasteiger partial charge in [-0.15, -0.1) is 12.6 Å². The normalized spacial score (nSPS) is 15.7. The zero-order valence-electron chi connectivity index (χ0n) is 11.1. The van der Waals surface area contributed by atoms with Crippen molar-refractivity contribution in [1.82, 2.24) is 9.80 Å². The molecule has 1 heterocycles. The van der Waals surface area contributed by atoms with E-state index in [0.29, 0.717) is 10.6 Å². The molecule has 1 fully saturated rings. The first-order valence-electron chi connectivity index (χ1n) is 6.54. The Kier molecular flexibility index (Phi) is 5.13. The van der Waals surface area contributed by atoms with E-state index < -0.39 is 0 Å². The van der Waals surface area contributed by atoms with Gasteiger partial charge in [-0.2, -0.15) is 0 Å². The lowest BCUT2D eigenvalue weighted by molar-refractivity contribution is 0.0782. The number of likely N-dealkylation sites (N-methyl/N-ethyl adjacent to an activating group) is 1. The van der Waals surface area contributed by atoms with Crippen LogP contribution < -0.4 is 0 Å². The lowest BCUT2D eigenvalue weighted by Gasteiger charge is -2.22. The molecule has 3 nitrogen and oxygen atoms in total. The van der Waals surface area contributed by atoms with E-state index in [0.717, 1.165) is 31.1 Å². The summed E-state index contributed by atoms with van der Waals surface area (Å²) in [6, 6.07) is 5.22. The highest BCUT2D eigenvalue weighted by Crippen LogP contribution is 2.21. The average Bonchev–Trinajstić information content (AvgIpc) is 2.91. The van der Waals surface area contributed by atoms with Gasteiger partial charge in [-0.05, 0) is 44.1 Å². The predicted octanol–water partition coefficient (Wildman–Crippen LogP) is 2.80. The Bertz CT molecular complexity index is 461. The molecule has 0 N–H and O–H groups in total.